The van der Waals surface area contributed by atoms with E-state index in [-0.39, 0.29) is 18.3 Å². The summed E-state index contributed by atoms with van der Waals surface area (Å²) in [6.45, 7) is 6.05. The van der Waals surface area contributed by atoms with Gasteiger partial charge in [0.1, 0.15) is 5.78 Å². The van der Waals surface area contributed by atoms with Gasteiger partial charge in [0, 0.05) is 13.2 Å². The molecular formula is C15H28N2O5. The quantitative estimate of drug-likeness (QED) is 0.521. The molecule has 0 saturated carbocycles. The van der Waals surface area contributed by atoms with Crippen LogP contribution in [0.1, 0.15) is 27.2 Å². The van der Waals surface area contributed by atoms with Crippen LogP contribution in [0.4, 0.5) is 0 Å². The van der Waals surface area contributed by atoms with Gasteiger partial charge in [0.05, 0.1) is 19.6 Å². The Morgan fingerprint density at radius 2 is 2.00 bits per heavy atom. The molecule has 3 atom stereocenters. The summed E-state index contributed by atoms with van der Waals surface area (Å²) in [6, 6.07) is 0. The second-order valence-corrected chi connectivity index (χ2v) is 5.94. The average molecular weight is 316 g/mol. The predicted octanol–water partition coefficient (Wildman–Crippen LogP) is 0.480. The zero-order valence-corrected chi connectivity index (χ0v) is 14.6. The molecule has 0 bridgehead atoms. The molecule has 0 radical (unpaired) electrons. The van der Waals surface area contributed by atoms with E-state index in [2.05, 4.69) is 0 Å². The molecule has 3 unspecified atom stereocenters. The van der Waals surface area contributed by atoms with Crippen molar-refractivity contribution in [3.63, 3.8) is 0 Å². The highest BCUT2D eigenvalue weighted by molar-refractivity contribution is 5.89. The van der Waals surface area contributed by atoms with E-state index in [0.717, 1.165) is 0 Å². The minimum Gasteiger partial charge on any atom is -0.467 e. The van der Waals surface area contributed by atoms with Gasteiger partial charge in [-0.05, 0) is 41.9 Å². The van der Waals surface area contributed by atoms with Gasteiger partial charge < -0.3 is 14.2 Å². The van der Waals surface area contributed by atoms with Crippen LogP contribution in [-0.4, -0.2) is 80.5 Å². The number of likely N-dealkylation sites (N-methyl/N-ethyl adjacent to an activating group) is 2. The zero-order chi connectivity index (χ0) is 17.1. The van der Waals surface area contributed by atoms with Crippen LogP contribution in [0.2, 0.25) is 0 Å². The molecule has 7 heteroatoms. The maximum atomic E-state index is 12.7. The standard InChI is InChI=1S/C15H28N2O5/c1-8-21-15(16(4)5)14(9-11(2)18,13(19)20-7)22-12(3)10-17(15)6/h12H,8-10H2,1-7H3. The van der Waals surface area contributed by atoms with E-state index in [1.165, 1.54) is 14.0 Å². The molecule has 0 aromatic carbocycles. The number of nitrogens with zero attached hydrogens (tertiary/aromatic N) is 2. The fourth-order valence-corrected chi connectivity index (χ4v) is 3.46. The van der Waals surface area contributed by atoms with E-state index in [0.29, 0.717) is 13.2 Å². The van der Waals surface area contributed by atoms with Crippen molar-refractivity contribution in [1.82, 2.24) is 9.80 Å². The normalized spacial score (nSPS) is 33.0. The first-order valence-electron chi connectivity index (χ1n) is 7.46. The topological polar surface area (TPSA) is 68.3 Å². The van der Waals surface area contributed by atoms with Crippen LogP contribution >= 0.6 is 0 Å². The number of methoxy groups -OCH3 is 1. The van der Waals surface area contributed by atoms with Crippen molar-refractivity contribution in [2.45, 2.75) is 44.7 Å². The molecular weight excluding hydrogens is 288 g/mol. The highest BCUT2D eigenvalue weighted by Crippen LogP contribution is 2.43. The Kier molecular flexibility index (Phi) is 6.09. The number of esters is 1. The molecule has 0 N–H and O–H groups in total. The van der Waals surface area contributed by atoms with E-state index in [4.69, 9.17) is 14.2 Å². The lowest BCUT2D eigenvalue weighted by atomic mass is 9.86. The Hall–Kier alpha value is -1.02. The summed E-state index contributed by atoms with van der Waals surface area (Å²) >= 11 is 0. The lowest BCUT2D eigenvalue weighted by molar-refractivity contribution is -0.356. The molecule has 1 aliphatic heterocycles. The van der Waals surface area contributed by atoms with Crippen molar-refractivity contribution in [2.75, 3.05) is 41.4 Å². The van der Waals surface area contributed by atoms with Crippen molar-refractivity contribution in [1.29, 1.82) is 0 Å². The summed E-state index contributed by atoms with van der Waals surface area (Å²) in [5.74, 6) is -1.99. The molecule has 0 spiro atoms. The van der Waals surface area contributed by atoms with E-state index in [1.54, 1.807) is 19.0 Å². The van der Waals surface area contributed by atoms with Gasteiger partial charge in [-0.15, -0.1) is 0 Å². The number of rotatable bonds is 6. The predicted molar refractivity (Wildman–Crippen MR) is 81.3 cm³/mol. The minimum atomic E-state index is -1.54. The molecule has 0 amide bonds. The lowest BCUT2D eigenvalue weighted by Gasteiger charge is -2.58. The molecule has 0 aromatic heterocycles. The molecule has 1 saturated heterocycles. The van der Waals surface area contributed by atoms with Crippen molar-refractivity contribution in [2.24, 2.45) is 0 Å². The van der Waals surface area contributed by atoms with Crippen LogP contribution in [0.25, 0.3) is 0 Å². The largest absolute Gasteiger partial charge is 0.467 e. The van der Waals surface area contributed by atoms with Crippen LogP contribution in [0.5, 0.6) is 0 Å². The van der Waals surface area contributed by atoms with Gasteiger partial charge in [0.15, 0.2) is 0 Å². The molecule has 1 rings (SSSR count). The number of ketones is 1. The fraction of sp³-hybridized carbons (Fsp3) is 0.867. The monoisotopic (exact) mass is 316 g/mol. The molecule has 22 heavy (non-hydrogen) atoms. The Morgan fingerprint density at radius 3 is 2.41 bits per heavy atom. The van der Waals surface area contributed by atoms with Crippen LogP contribution in [0.15, 0.2) is 0 Å². The van der Waals surface area contributed by atoms with Gasteiger partial charge in [-0.1, -0.05) is 0 Å². The summed E-state index contributed by atoms with van der Waals surface area (Å²) in [5.41, 5.74) is -1.54. The van der Waals surface area contributed by atoms with Crippen molar-refractivity contribution < 1.29 is 23.8 Å². The third-order valence-electron chi connectivity index (χ3n) is 3.94. The van der Waals surface area contributed by atoms with Crippen molar-refractivity contribution in [3.05, 3.63) is 0 Å². The van der Waals surface area contributed by atoms with Gasteiger partial charge in [0.25, 0.3) is 0 Å². The van der Waals surface area contributed by atoms with E-state index < -0.39 is 17.4 Å². The summed E-state index contributed by atoms with van der Waals surface area (Å²) in [6.07, 6.45) is -0.357. The second-order valence-electron chi connectivity index (χ2n) is 5.94. The highest BCUT2D eigenvalue weighted by atomic mass is 16.6. The molecule has 1 heterocycles. The SMILES string of the molecule is CCOC1(N(C)C)N(C)CC(C)OC1(CC(C)=O)C(=O)OC. The number of hydrogen-bond donors (Lipinski definition) is 0. The van der Waals surface area contributed by atoms with Gasteiger partial charge in [-0.2, -0.15) is 0 Å². The smallest absolute Gasteiger partial charge is 0.344 e. The minimum absolute atomic E-state index is 0.119. The second kappa shape index (κ2) is 7.04. The Labute approximate surface area is 132 Å². The average Bonchev–Trinajstić information content (AvgIpc) is 2.40. The molecule has 1 aliphatic rings. The number of morpholine rings is 1. The highest BCUT2D eigenvalue weighted by Gasteiger charge is 2.67. The van der Waals surface area contributed by atoms with Crippen LogP contribution in [0.3, 0.4) is 0 Å². The number of ether oxygens (including phenoxy) is 3. The summed E-state index contributed by atoms with van der Waals surface area (Å²) in [4.78, 5) is 28.2. The molecule has 1 fully saturated rings. The first-order chi connectivity index (χ1) is 10.2. The third kappa shape index (κ3) is 2.90. The zero-order valence-electron chi connectivity index (χ0n) is 14.6. The van der Waals surface area contributed by atoms with Gasteiger partial charge >= 0.3 is 5.97 Å². The first-order valence-corrected chi connectivity index (χ1v) is 7.46. The van der Waals surface area contributed by atoms with Crippen molar-refractivity contribution in [3.8, 4) is 0 Å². The Bertz CT molecular complexity index is 428. The fourth-order valence-electron chi connectivity index (χ4n) is 3.46. The molecule has 0 aromatic rings. The maximum absolute atomic E-state index is 12.7. The number of Topliss-reactive ketones (excluding diaryl/α,β-unsaturated/α-hetero) is 1. The number of hydrogen-bond acceptors (Lipinski definition) is 7. The van der Waals surface area contributed by atoms with Gasteiger partial charge in [-0.25, -0.2) is 4.79 Å². The molecule has 7 nitrogen and oxygen atoms in total. The van der Waals surface area contributed by atoms with Crippen LogP contribution < -0.4 is 0 Å². The maximum Gasteiger partial charge on any atom is 0.344 e. The molecule has 128 valence electrons. The third-order valence-corrected chi connectivity index (χ3v) is 3.94. The number of carbonyl (C=O) groups excluding carboxylic acids is 2. The Morgan fingerprint density at radius 1 is 1.41 bits per heavy atom. The van der Waals surface area contributed by atoms with Gasteiger partial charge in [-0.3, -0.25) is 14.6 Å². The van der Waals surface area contributed by atoms with E-state index in [1.807, 2.05) is 25.8 Å². The lowest BCUT2D eigenvalue weighted by Crippen LogP contribution is -2.79. The Balaban J connectivity index is 3.58. The van der Waals surface area contributed by atoms with E-state index in [9.17, 15) is 9.59 Å². The number of carbonyl (C=O) groups is 2. The van der Waals surface area contributed by atoms with Gasteiger partial charge in [0.2, 0.25) is 11.4 Å². The first kappa shape index (κ1) is 19.0. The molecule has 0 aliphatic carbocycles. The van der Waals surface area contributed by atoms with E-state index >= 15 is 0 Å². The summed E-state index contributed by atoms with van der Waals surface area (Å²) < 4.78 is 17.0. The van der Waals surface area contributed by atoms with Crippen LogP contribution in [-0.2, 0) is 23.8 Å². The summed E-state index contributed by atoms with van der Waals surface area (Å²) in [7, 11) is 6.73. The van der Waals surface area contributed by atoms with Crippen LogP contribution in [0, 0.1) is 0 Å². The van der Waals surface area contributed by atoms with Crippen molar-refractivity contribution >= 4 is 11.8 Å². The summed E-state index contributed by atoms with van der Waals surface area (Å²) in [5, 5.41) is 0.